The van der Waals surface area contributed by atoms with E-state index in [4.69, 9.17) is 4.74 Å². The third kappa shape index (κ3) is 3.67. The summed E-state index contributed by atoms with van der Waals surface area (Å²) in [5.41, 5.74) is 0.828. The van der Waals surface area contributed by atoms with Crippen molar-refractivity contribution in [1.82, 2.24) is 20.1 Å². The number of nitrogens with one attached hydrogen (secondary N) is 1. The minimum atomic E-state index is -1.64. The molecule has 1 fully saturated rings. The highest BCUT2D eigenvalue weighted by atomic mass is 16.6. The molecule has 2 amide bonds. The van der Waals surface area contributed by atoms with E-state index >= 15 is 0 Å². The van der Waals surface area contributed by atoms with E-state index in [1.54, 1.807) is 0 Å². The van der Waals surface area contributed by atoms with Crippen LogP contribution in [0.2, 0.25) is 0 Å². The standard InChI is InChI=1S/C26H22N4O3/c1-18(20-13-7-3-8-14-20)30-24(31)26(33-25(30)32,17-19-11-5-2-6-12-19)23-27-22(28-29-23)21-15-9-4-10-16-21/h2-16,18H,17H2,1H3,(H,27,28,29)/t18-,26-/m1/s1. The number of imide groups is 1. The lowest BCUT2D eigenvalue weighted by atomic mass is 9.92. The van der Waals surface area contributed by atoms with E-state index in [1.807, 2.05) is 97.9 Å². The molecule has 0 unspecified atom stereocenters. The number of hydrogen-bond acceptors (Lipinski definition) is 5. The first-order chi connectivity index (χ1) is 16.1. The number of ether oxygens (including phenoxy) is 1. The number of H-pyrrole nitrogens is 1. The molecular weight excluding hydrogens is 416 g/mol. The van der Waals surface area contributed by atoms with Gasteiger partial charge in [-0.05, 0) is 18.1 Å². The highest BCUT2D eigenvalue weighted by Crippen LogP contribution is 2.40. The fourth-order valence-electron chi connectivity index (χ4n) is 4.12. The van der Waals surface area contributed by atoms with Gasteiger partial charge in [-0.15, -0.1) is 0 Å². The molecule has 1 aliphatic rings. The Morgan fingerprint density at radius 3 is 2.18 bits per heavy atom. The van der Waals surface area contributed by atoms with Crippen molar-refractivity contribution in [3.8, 4) is 11.4 Å². The molecule has 164 valence electrons. The van der Waals surface area contributed by atoms with E-state index < -0.39 is 23.6 Å². The number of nitrogens with zero attached hydrogens (tertiary/aromatic N) is 3. The van der Waals surface area contributed by atoms with Gasteiger partial charge in [0, 0.05) is 12.0 Å². The van der Waals surface area contributed by atoms with E-state index in [2.05, 4.69) is 15.2 Å². The van der Waals surface area contributed by atoms with Crippen LogP contribution in [0.25, 0.3) is 11.4 Å². The Balaban J connectivity index is 1.58. The van der Waals surface area contributed by atoms with Crippen molar-refractivity contribution < 1.29 is 14.3 Å². The van der Waals surface area contributed by atoms with Crippen molar-refractivity contribution in [2.75, 3.05) is 0 Å². The van der Waals surface area contributed by atoms with Crippen LogP contribution < -0.4 is 0 Å². The molecule has 7 heteroatoms. The lowest BCUT2D eigenvalue weighted by molar-refractivity contribution is -0.139. The zero-order valence-electron chi connectivity index (χ0n) is 18.0. The Labute approximate surface area is 191 Å². The predicted molar refractivity (Wildman–Crippen MR) is 122 cm³/mol. The van der Waals surface area contributed by atoms with Crippen LogP contribution in [0.3, 0.4) is 0 Å². The quantitative estimate of drug-likeness (QED) is 0.473. The summed E-state index contributed by atoms with van der Waals surface area (Å²) in [6.45, 7) is 1.81. The molecular formula is C26H22N4O3. The molecule has 1 N–H and O–H groups in total. The van der Waals surface area contributed by atoms with E-state index in [1.165, 1.54) is 4.90 Å². The predicted octanol–water partition coefficient (Wildman–Crippen LogP) is 4.65. The summed E-state index contributed by atoms with van der Waals surface area (Å²) in [4.78, 5) is 32.7. The zero-order chi connectivity index (χ0) is 22.8. The molecule has 1 saturated heterocycles. The van der Waals surface area contributed by atoms with Crippen LogP contribution >= 0.6 is 0 Å². The fourth-order valence-corrected chi connectivity index (χ4v) is 4.12. The van der Waals surface area contributed by atoms with E-state index in [-0.39, 0.29) is 12.2 Å². The van der Waals surface area contributed by atoms with Crippen LogP contribution in [0.15, 0.2) is 91.0 Å². The second kappa shape index (κ2) is 8.35. The number of cyclic esters (lactones) is 1. The Bertz CT molecular complexity index is 1270. The van der Waals surface area contributed by atoms with Gasteiger partial charge in [0.2, 0.25) is 0 Å². The van der Waals surface area contributed by atoms with Gasteiger partial charge in [0.15, 0.2) is 11.6 Å². The smallest absolute Gasteiger partial charge is 0.418 e. The van der Waals surface area contributed by atoms with Crippen molar-refractivity contribution in [3.63, 3.8) is 0 Å². The van der Waals surface area contributed by atoms with Crippen LogP contribution in [0.1, 0.15) is 29.9 Å². The molecule has 4 aromatic rings. The summed E-state index contributed by atoms with van der Waals surface area (Å²) in [6.07, 6.45) is -0.565. The van der Waals surface area contributed by atoms with Gasteiger partial charge in [-0.1, -0.05) is 91.0 Å². The Morgan fingerprint density at radius 2 is 1.52 bits per heavy atom. The number of hydrogen-bond donors (Lipinski definition) is 1. The molecule has 0 spiro atoms. The third-order valence-corrected chi connectivity index (χ3v) is 5.89. The molecule has 1 aromatic heterocycles. The molecule has 0 bridgehead atoms. The summed E-state index contributed by atoms with van der Waals surface area (Å²) in [5, 5.41) is 7.18. The number of aromatic nitrogens is 3. The number of benzene rings is 3. The monoisotopic (exact) mass is 438 g/mol. The summed E-state index contributed by atoms with van der Waals surface area (Å²) < 4.78 is 5.86. The first-order valence-electron chi connectivity index (χ1n) is 10.7. The van der Waals surface area contributed by atoms with Crippen LogP contribution in [0, 0.1) is 0 Å². The van der Waals surface area contributed by atoms with Crippen LogP contribution in [0.5, 0.6) is 0 Å². The van der Waals surface area contributed by atoms with Crippen molar-refractivity contribution in [2.24, 2.45) is 0 Å². The number of carbonyl (C=O) groups is 2. The van der Waals surface area contributed by atoms with Gasteiger partial charge in [0.1, 0.15) is 0 Å². The minimum Gasteiger partial charge on any atom is -0.424 e. The van der Waals surface area contributed by atoms with Crippen molar-refractivity contribution in [2.45, 2.75) is 25.0 Å². The summed E-state index contributed by atoms with van der Waals surface area (Å²) in [5.74, 6) is 0.159. The zero-order valence-corrected chi connectivity index (χ0v) is 18.0. The second-order valence-electron chi connectivity index (χ2n) is 7.99. The molecule has 7 nitrogen and oxygen atoms in total. The second-order valence-corrected chi connectivity index (χ2v) is 7.99. The maximum atomic E-state index is 13.9. The Morgan fingerprint density at radius 1 is 0.909 bits per heavy atom. The van der Waals surface area contributed by atoms with E-state index in [0.29, 0.717) is 5.82 Å². The highest BCUT2D eigenvalue weighted by molar-refractivity contribution is 6.03. The molecule has 0 aliphatic carbocycles. The van der Waals surface area contributed by atoms with Gasteiger partial charge in [0.25, 0.3) is 11.5 Å². The number of rotatable bonds is 6. The highest BCUT2D eigenvalue weighted by Gasteiger charge is 2.58. The van der Waals surface area contributed by atoms with Crippen LogP contribution in [-0.4, -0.2) is 32.1 Å². The van der Waals surface area contributed by atoms with Crippen molar-refractivity contribution >= 4 is 12.0 Å². The third-order valence-electron chi connectivity index (χ3n) is 5.89. The molecule has 0 saturated carbocycles. The Hall–Kier alpha value is -4.26. The molecule has 5 rings (SSSR count). The fraction of sp³-hybridized carbons (Fsp3) is 0.154. The molecule has 1 aliphatic heterocycles. The van der Waals surface area contributed by atoms with Gasteiger partial charge in [-0.2, -0.15) is 5.10 Å². The van der Waals surface area contributed by atoms with Gasteiger partial charge in [0.05, 0.1) is 6.04 Å². The topological polar surface area (TPSA) is 88.2 Å². The van der Waals surface area contributed by atoms with Crippen LogP contribution in [-0.2, 0) is 21.6 Å². The van der Waals surface area contributed by atoms with E-state index in [0.717, 1.165) is 16.7 Å². The SMILES string of the molecule is C[C@H](c1ccccc1)N1C(=O)O[C@](Cc2ccccc2)(c2nc(-c3ccccc3)n[nH]2)C1=O. The summed E-state index contributed by atoms with van der Waals surface area (Å²) >= 11 is 0. The number of amides is 2. The molecule has 33 heavy (non-hydrogen) atoms. The molecule has 2 atom stereocenters. The lowest BCUT2D eigenvalue weighted by Crippen LogP contribution is -2.42. The van der Waals surface area contributed by atoms with Crippen LogP contribution in [0.4, 0.5) is 4.79 Å². The Kier molecular flexibility index (Phi) is 5.22. The maximum Gasteiger partial charge on any atom is 0.418 e. The maximum absolute atomic E-state index is 13.9. The van der Waals surface area contributed by atoms with Gasteiger partial charge in [-0.3, -0.25) is 9.89 Å². The normalized spacial score (nSPS) is 18.9. The largest absolute Gasteiger partial charge is 0.424 e. The average Bonchev–Trinajstić information content (AvgIpc) is 3.44. The average molecular weight is 438 g/mol. The van der Waals surface area contributed by atoms with Crippen molar-refractivity contribution in [3.05, 3.63) is 108 Å². The molecule has 0 radical (unpaired) electrons. The summed E-state index contributed by atoms with van der Waals surface area (Å²) in [7, 11) is 0. The molecule has 2 heterocycles. The summed E-state index contributed by atoms with van der Waals surface area (Å²) in [6, 6.07) is 27.7. The number of carbonyl (C=O) groups excluding carboxylic acids is 2. The first-order valence-corrected chi connectivity index (χ1v) is 10.7. The van der Waals surface area contributed by atoms with Gasteiger partial charge >= 0.3 is 6.09 Å². The van der Waals surface area contributed by atoms with Crippen molar-refractivity contribution in [1.29, 1.82) is 0 Å². The van der Waals surface area contributed by atoms with Gasteiger partial charge in [-0.25, -0.2) is 14.7 Å². The first kappa shape index (κ1) is 20.6. The molecule has 3 aromatic carbocycles. The number of aromatic amines is 1. The van der Waals surface area contributed by atoms with E-state index in [9.17, 15) is 9.59 Å². The van der Waals surface area contributed by atoms with Gasteiger partial charge < -0.3 is 4.74 Å². The lowest BCUT2D eigenvalue weighted by Gasteiger charge is -2.24. The minimum absolute atomic E-state index is 0.139.